The van der Waals surface area contributed by atoms with E-state index in [1.165, 1.54) is 30.3 Å². The maximum atomic E-state index is 12.8. The summed E-state index contributed by atoms with van der Waals surface area (Å²) in [4.78, 5) is 14.5. The number of carbonyl (C=O) groups is 1. The molecule has 4 nitrogen and oxygen atoms in total. The second-order valence-electron chi connectivity index (χ2n) is 3.34. The van der Waals surface area contributed by atoms with Crippen molar-refractivity contribution < 1.29 is 19.0 Å². The van der Waals surface area contributed by atoms with Crippen LogP contribution >= 0.6 is 11.6 Å². The summed E-state index contributed by atoms with van der Waals surface area (Å²) in [7, 11) is 0. The van der Waals surface area contributed by atoms with E-state index in [-0.39, 0.29) is 22.3 Å². The van der Waals surface area contributed by atoms with Crippen LogP contribution < -0.4 is 4.74 Å². The van der Waals surface area contributed by atoms with Crippen LogP contribution in [0.3, 0.4) is 0 Å². The minimum Gasteiger partial charge on any atom is -0.477 e. The third kappa shape index (κ3) is 2.75. The largest absolute Gasteiger partial charge is 0.477 e. The van der Waals surface area contributed by atoms with E-state index in [2.05, 4.69) is 4.98 Å². The minimum absolute atomic E-state index is 0.0726. The normalized spacial score (nSPS) is 10.1. The highest BCUT2D eigenvalue weighted by molar-refractivity contribution is 6.32. The first-order valence-electron chi connectivity index (χ1n) is 4.89. The van der Waals surface area contributed by atoms with Gasteiger partial charge in [0.2, 0.25) is 5.88 Å². The Morgan fingerprint density at radius 1 is 1.33 bits per heavy atom. The number of carboxylic acids is 1. The number of pyridine rings is 1. The predicted molar refractivity (Wildman–Crippen MR) is 62.7 cm³/mol. The number of rotatable bonds is 3. The van der Waals surface area contributed by atoms with Crippen LogP contribution in [-0.2, 0) is 0 Å². The van der Waals surface area contributed by atoms with E-state index < -0.39 is 11.8 Å². The van der Waals surface area contributed by atoms with E-state index in [0.29, 0.717) is 0 Å². The molecule has 18 heavy (non-hydrogen) atoms. The third-order valence-electron chi connectivity index (χ3n) is 2.05. The quantitative estimate of drug-likeness (QED) is 0.926. The maximum Gasteiger partial charge on any atom is 0.354 e. The van der Waals surface area contributed by atoms with Gasteiger partial charge in [-0.1, -0.05) is 17.7 Å². The number of halogens is 2. The molecule has 6 heteroatoms. The van der Waals surface area contributed by atoms with Crippen LogP contribution in [0.2, 0.25) is 5.02 Å². The first kappa shape index (κ1) is 12.3. The molecule has 0 radical (unpaired) electrons. The molecule has 0 saturated heterocycles. The van der Waals surface area contributed by atoms with Crippen LogP contribution in [0.5, 0.6) is 11.6 Å². The van der Waals surface area contributed by atoms with Crippen molar-refractivity contribution in [3.63, 3.8) is 0 Å². The molecule has 0 fully saturated rings. The van der Waals surface area contributed by atoms with Gasteiger partial charge >= 0.3 is 5.97 Å². The van der Waals surface area contributed by atoms with Crippen LogP contribution in [0, 0.1) is 5.82 Å². The van der Waals surface area contributed by atoms with Crippen molar-refractivity contribution in [1.29, 1.82) is 0 Å². The van der Waals surface area contributed by atoms with Crippen molar-refractivity contribution in [2.45, 2.75) is 0 Å². The highest BCUT2D eigenvalue weighted by Crippen LogP contribution is 2.28. The van der Waals surface area contributed by atoms with Crippen LogP contribution in [0.4, 0.5) is 4.39 Å². The van der Waals surface area contributed by atoms with E-state index in [0.717, 1.165) is 6.07 Å². The van der Waals surface area contributed by atoms with Crippen LogP contribution in [0.1, 0.15) is 10.5 Å². The summed E-state index contributed by atoms with van der Waals surface area (Å²) in [6.45, 7) is 0. The molecule has 0 aliphatic heterocycles. The zero-order valence-corrected chi connectivity index (χ0v) is 9.69. The van der Waals surface area contributed by atoms with E-state index >= 15 is 0 Å². The third-order valence-corrected chi connectivity index (χ3v) is 2.35. The summed E-state index contributed by atoms with van der Waals surface area (Å²) in [6, 6.07) is 7.92. The molecule has 2 aromatic rings. The molecule has 0 unspecified atom stereocenters. The number of carboxylic acid groups (broad SMARTS) is 1. The molecule has 0 spiro atoms. The van der Waals surface area contributed by atoms with Crippen LogP contribution in [0.15, 0.2) is 36.4 Å². The smallest absolute Gasteiger partial charge is 0.354 e. The standard InChI is InChI=1S/C12H7ClFNO3/c13-8-6-7(14)4-5-10(8)18-11-3-1-2-9(15-11)12(16)17/h1-6H,(H,16,17). The van der Waals surface area contributed by atoms with E-state index in [4.69, 9.17) is 21.4 Å². The number of aromatic carboxylic acids is 1. The SMILES string of the molecule is O=C(O)c1cccc(Oc2ccc(F)cc2Cl)n1. The van der Waals surface area contributed by atoms with E-state index in [9.17, 15) is 9.18 Å². The van der Waals surface area contributed by atoms with Gasteiger partial charge in [0.05, 0.1) is 5.02 Å². The minimum atomic E-state index is -1.16. The highest BCUT2D eigenvalue weighted by atomic mass is 35.5. The average Bonchev–Trinajstić information content (AvgIpc) is 2.33. The molecule has 1 aromatic carbocycles. The number of ether oxygens (including phenoxy) is 1. The van der Waals surface area contributed by atoms with Crippen molar-refractivity contribution in [3.05, 3.63) is 52.9 Å². The molecule has 0 atom stereocenters. The molecular formula is C12H7ClFNO3. The molecule has 0 bridgehead atoms. The number of hydrogen-bond acceptors (Lipinski definition) is 3. The Kier molecular flexibility index (Phi) is 3.43. The van der Waals surface area contributed by atoms with E-state index in [1.807, 2.05) is 0 Å². The first-order valence-corrected chi connectivity index (χ1v) is 5.27. The van der Waals surface area contributed by atoms with Gasteiger partial charge in [-0.3, -0.25) is 0 Å². The molecule has 0 aliphatic carbocycles. The monoisotopic (exact) mass is 267 g/mol. The number of nitrogens with zero attached hydrogens (tertiary/aromatic N) is 1. The lowest BCUT2D eigenvalue weighted by Crippen LogP contribution is -2.00. The van der Waals surface area contributed by atoms with Crippen molar-refractivity contribution in [3.8, 4) is 11.6 Å². The second kappa shape index (κ2) is 5.01. The van der Waals surface area contributed by atoms with Crippen molar-refractivity contribution in [2.75, 3.05) is 0 Å². The predicted octanol–water partition coefficient (Wildman–Crippen LogP) is 3.36. The summed E-state index contributed by atoms with van der Waals surface area (Å²) in [6.07, 6.45) is 0. The van der Waals surface area contributed by atoms with Gasteiger partial charge in [0.1, 0.15) is 11.6 Å². The van der Waals surface area contributed by atoms with Gasteiger partial charge in [-0.15, -0.1) is 0 Å². The lowest BCUT2D eigenvalue weighted by atomic mass is 10.3. The molecule has 1 heterocycles. The lowest BCUT2D eigenvalue weighted by Gasteiger charge is -2.06. The molecule has 1 N–H and O–H groups in total. The van der Waals surface area contributed by atoms with Gasteiger partial charge in [0, 0.05) is 6.07 Å². The molecule has 0 saturated carbocycles. The maximum absolute atomic E-state index is 12.8. The summed E-state index contributed by atoms with van der Waals surface area (Å²) >= 11 is 5.77. The number of aromatic nitrogens is 1. The van der Waals surface area contributed by atoms with Gasteiger partial charge < -0.3 is 9.84 Å². The number of benzene rings is 1. The fraction of sp³-hybridized carbons (Fsp3) is 0. The fourth-order valence-electron chi connectivity index (χ4n) is 1.26. The van der Waals surface area contributed by atoms with Crippen LogP contribution in [-0.4, -0.2) is 16.1 Å². The zero-order chi connectivity index (χ0) is 13.1. The summed E-state index contributed by atoms with van der Waals surface area (Å²) in [5.41, 5.74) is -0.147. The highest BCUT2D eigenvalue weighted by Gasteiger charge is 2.08. The van der Waals surface area contributed by atoms with Gasteiger partial charge in [-0.2, -0.15) is 0 Å². The van der Waals surface area contributed by atoms with Gasteiger partial charge in [-0.25, -0.2) is 14.2 Å². The van der Waals surface area contributed by atoms with Crippen molar-refractivity contribution in [1.82, 2.24) is 4.98 Å². The van der Waals surface area contributed by atoms with E-state index in [1.54, 1.807) is 0 Å². The Morgan fingerprint density at radius 2 is 2.11 bits per heavy atom. The Hall–Kier alpha value is -2.14. The van der Waals surface area contributed by atoms with Crippen molar-refractivity contribution >= 4 is 17.6 Å². The summed E-state index contributed by atoms with van der Waals surface area (Å²) < 4.78 is 18.1. The molecule has 92 valence electrons. The topological polar surface area (TPSA) is 59.4 Å². The fourth-order valence-corrected chi connectivity index (χ4v) is 1.47. The van der Waals surface area contributed by atoms with Gasteiger partial charge in [-0.05, 0) is 24.3 Å². The average molecular weight is 268 g/mol. The molecule has 1 aromatic heterocycles. The summed E-state index contributed by atoms with van der Waals surface area (Å²) in [5, 5.41) is 8.85. The Morgan fingerprint density at radius 3 is 2.78 bits per heavy atom. The molecule has 0 aliphatic rings. The molecule has 2 rings (SSSR count). The Balaban J connectivity index is 2.28. The zero-order valence-electron chi connectivity index (χ0n) is 8.93. The lowest BCUT2D eigenvalue weighted by molar-refractivity contribution is 0.0689. The Bertz CT molecular complexity index is 604. The second-order valence-corrected chi connectivity index (χ2v) is 3.75. The first-order chi connectivity index (χ1) is 8.56. The molecule has 0 amide bonds. The number of hydrogen-bond donors (Lipinski definition) is 1. The van der Waals surface area contributed by atoms with Crippen molar-refractivity contribution in [2.24, 2.45) is 0 Å². The molecular weight excluding hydrogens is 261 g/mol. The Labute approximate surface area is 107 Å². The summed E-state index contributed by atoms with van der Waals surface area (Å²) in [5.74, 6) is -1.37. The van der Waals surface area contributed by atoms with Gasteiger partial charge in [0.25, 0.3) is 0 Å². The van der Waals surface area contributed by atoms with Gasteiger partial charge in [0.15, 0.2) is 5.69 Å². The van der Waals surface area contributed by atoms with Crippen LogP contribution in [0.25, 0.3) is 0 Å².